The molecule has 0 radical (unpaired) electrons. The molecule has 106 valence electrons. The summed E-state index contributed by atoms with van der Waals surface area (Å²) in [6.45, 7) is 3.77. The van der Waals surface area contributed by atoms with Crippen LogP contribution < -0.4 is 5.32 Å². The van der Waals surface area contributed by atoms with Gasteiger partial charge in [-0.3, -0.25) is 0 Å². The van der Waals surface area contributed by atoms with Crippen molar-refractivity contribution in [2.75, 3.05) is 5.32 Å². The summed E-state index contributed by atoms with van der Waals surface area (Å²) in [5.74, 6) is 0.562. The molecule has 3 nitrogen and oxygen atoms in total. The van der Waals surface area contributed by atoms with E-state index in [9.17, 15) is 4.39 Å². The third kappa shape index (κ3) is 2.92. The van der Waals surface area contributed by atoms with Crippen molar-refractivity contribution in [2.24, 2.45) is 0 Å². The Morgan fingerprint density at radius 1 is 1.14 bits per heavy atom. The number of rotatable bonds is 3. The van der Waals surface area contributed by atoms with Crippen molar-refractivity contribution in [2.45, 2.75) is 13.8 Å². The lowest BCUT2D eigenvalue weighted by Gasteiger charge is -2.02. The molecule has 3 aromatic rings. The van der Waals surface area contributed by atoms with Crippen LogP contribution in [0.2, 0.25) is 0 Å². The zero-order chi connectivity index (χ0) is 14.8. The fraction of sp³-hybridized carbons (Fsp3) is 0.125. The molecule has 2 aromatic heterocycles. The zero-order valence-electron chi connectivity index (χ0n) is 11.7. The summed E-state index contributed by atoms with van der Waals surface area (Å²) in [6, 6.07) is 10.7. The Labute approximate surface area is 126 Å². The molecule has 0 aliphatic heterocycles. The molecule has 1 N–H and O–H groups in total. The molecule has 0 amide bonds. The lowest BCUT2D eigenvalue weighted by Crippen LogP contribution is -1.92. The number of halogens is 1. The highest BCUT2D eigenvalue weighted by Crippen LogP contribution is 2.32. The van der Waals surface area contributed by atoms with Crippen molar-refractivity contribution >= 4 is 22.3 Å². The van der Waals surface area contributed by atoms with Crippen molar-refractivity contribution in [1.82, 2.24) is 9.97 Å². The molecule has 0 bridgehead atoms. The van der Waals surface area contributed by atoms with E-state index in [0.29, 0.717) is 5.56 Å². The van der Waals surface area contributed by atoms with E-state index in [0.717, 1.165) is 27.1 Å². The molecule has 0 aliphatic carbocycles. The standard InChI is InChI=1S/C16H14FN3S/c1-10-9-12(6-7-13(10)17)15-11(2)21-16(20-15)19-14-5-3-4-8-18-14/h3-9H,1-2H3,(H,18,19,20). The van der Waals surface area contributed by atoms with E-state index in [-0.39, 0.29) is 5.82 Å². The Morgan fingerprint density at radius 2 is 2.00 bits per heavy atom. The van der Waals surface area contributed by atoms with Gasteiger partial charge in [-0.05, 0) is 49.7 Å². The summed E-state index contributed by atoms with van der Waals surface area (Å²) in [7, 11) is 0. The summed E-state index contributed by atoms with van der Waals surface area (Å²) in [5, 5.41) is 3.96. The molecule has 2 heterocycles. The van der Waals surface area contributed by atoms with Crippen LogP contribution in [0.25, 0.3) is 11.3 Å². The first-order valence-corrected chi connectivity index (χ1v) is 7.37. The van der Waals surface area contributed by atoms with Crippen LogP contribution in [0.15, 0.2) is 42.6 Å². The molecule has 5 heteroatoms. The highest BCUT2D eigenvalue weighted by molar-refractivity contribution is 7.16. The molecule has 0 aliphatic rings. The molecular formula is C16H14FN3S. The first-order valence-electron chi connectivity index (χ1n) is 6.55. The Kier molecular flexibility index (Phi) is 3.66. The second-order valence-corrected chi connectivity index (χ2v) is 5.93. The summed E-state index contributed by atoms with van der Waals surface area (Å²) >= 11 is 1.56. The van der Waals surface area contributed by atoms with Crippen LogP contribution in [-0.2, 0) is 0 Å². The number of aromatic nitrogens is 2. The van der Waals surface area contributed by atoms with Crippen molar-refractivity contribution < 1.29 is 4.39 Å². The minimum Gasteiger partial charge on any atom is -0.316 e. The number of aryl methyl sites for hydroxylation is 2. The predicted molar refractivity (Wildman–Crippen MR) is 84.5 cm³/mol. The van der Waals surface area contributed by atoms with Crippen LogP contribution in [0.4, 0.5) is 15.3 Å². The maximum atomic E-state index is 13.4. The smallest absolute Gasteiger partial charge is 0.189 e. The van der Waals surface area contributed by atoms with E-state index < -0.39 is 0 Å². The van der Waals surface area contributed by atoms with Gasteiger partial charge in [-0.1, -0.05) is 6.07 Å². The minimum absolute atomic E-state index is 0.196. The van der Waals surface area contributed by atoms with E-state index in [1.807, 2.05) is 31.2 Å². The lowest BCUT2D eigenvalue weighted by molar-refractivity contribution is 0.619. The van der Waals surface area contributed by atoms with Gasteiger partial charge in [0.15, 0.2) is 5.13 Å². The van der Waals surface area contributed by atoms with Gasteiger partial charge >= 0.3 is 0 Å². The first-order chi connectivity index (χ1) is 10.1. The molecule has 0 saturated carbocycles. The highest BCUT2D eigenvalue weighted by atomic mass is 32.1. The quantitative estimate of drug-likeness (QED) is 0.761. The average Bonchev–Trinajstić information content (AvgIpc) is 2.84. The zero-order valence-corrected chi connectivity index (χ0v) is 12.5. The number of pyridine rings is 1. The molecule has 1 aromatic carbocycles. The monoisotopic (exact) mass is 299 g/mol. The Balaban J connectivity index is 1.92. The third-order valence-corrected chi connectivity index (χ3v) is 4.01. The van der Waals surface area contributed by atoms with Crippen molar-refractivity contribution in [1.29, 1.82) is 0 Å². The summed E-state index contributed by atoms with van der Waals surface area (Å²) < 4.78 is 13.4. The van der Waals surface area contributed by atoms with E-state index in [2.05, 4.69) is 15.3 Å². The first kappa shape index (κ1) is 13.7. The van der Waals surface area contributed by atoms with Crippen molar-refractivity contribution in [3.05, 3.63) is 58.9 Å². The van der Waals surface area contributed by atoms with Crippen LogP contribution in [0.1, 0.15) is 10.4 Å². The van der Waals surface area contributed by atoms with E-state index >= 15 is 0 Å². The number of anilines is 2. The SMILES string of the molecule is Cc1cc(-c2nc(Nc3ccccn3)sc2C)ccc1F. The van der Waals surface area contributed by atoms with Crippen LogP contribution in [0, 0.1) is 19.7 Å². The summed E-state index contributed by atoms with van der Waals surface area (Å²) in [6.07, 6.45) is 1.73. The molecule has 21 heavy (non-hydrogen) atoms. The predicted octanol–water partition coefficient (Wildman–Crippen LogP) is 4.70. The molecule has 0 fully saturated rings. The Morgan fingerprint density at radius 3 is 2.71 bits per heavy atom. The second kappa shape index (κ2) is 5.61. The van der Waals surface area contributed by atoms with E-state index in [1.165, 1.54) is 6.07 Å². The number of benzene rings is 1. The van der Waals surface area contributed by atoms with Gasteiger partial charge < -0.3 is 5.32 Å². The molecular weight excluding hydrogens is 285 g/mol. The van der Waals surface area contributed by atoms with Gasteiger partial charge in [0.1, 0.15) is 11.6 Å². The topological polar surface area (TPSA) is 37.8 Å². The van der Waals surface area contributed by atoms with E-state index in [1.54, 1.807) is 30.5 Å². The molecule has 0 unspecified atom stereocenters. The maximum absolute atomic E-state index is 13.4. The molecule has 0 spiro atoms. The van der Waals surface area contributed by atoms with Gasteiger partial charge in [0, 0.05) is 16.6 Å². The third-order valence-electron chi connectivity index (χ3n) is 3.13. The van der Waals surface area contributed by atoms with Crippen LogP contribution in [-0.4, -0.2) is 9.97 Å². The van der Waals surface area contributed by atoms with E-state index in [4.69, 9.17) is 0 Å². The Hall–Kier alpha value is -2.27. The molecule has 0 saturated heterocycles. The number of nitrogens with zero attached hydrogens (tertiary/aromatic N) is 2. The maximum Gasteiger partial charge on any atom is 0.189 e. The van der Waals surface area contributed by atoms with Crippen LogP contribution >= 0.6 is 11.3 Å². The summed E-state index contributed by atoms with van der Waals surface area (Å²) in [4.78, 5) is 9.89. The number of thiazole rings is 1. The molecule has 0 atom stereocenters. The average molecular weight is 299 g/mol. The minimum atomic E-state index is -0.196. The van der Waals surface area contributed by atoms with Gasteiger partial charge in [-0.15, -0.1) is 11.3 Å². The molecule has 3 rings (SSSR count). The fourth-order valence-electron chi connectivity index (χ4n) is 2.06. The fourth-order valence-corrected chi connectivity index (χ4v) is 2.90. The largest absolute Gasteiger partial charge is 0.316 e. The number of hydrogen-bond acceptors (Lipinski definition) is 4. The van der Waals surface area contributed by atoms with Gasteiger partial charge in [0.05, 0.1) is 5.69 Å². The van der Waals surface area contributed by atoms with Crippen LogP contribution in [0.3, 0.4) is 0 Å². The summed E-state index contributed by atoms with van der Waals surface area (Å²) in [5.41, 5.74) is 2.43. The number of hydrogen-bond donors (Lipinski definition) is 1. The second-order valence-electron chi connectivity index (χ2n) is 4.73. The van der Waals surface area contributed by atoms with Gasteiger partial charge in [0.25, 0.3) is 0 Å². The highest BCUT2D eigenvalue weighted by Gasteiger charge is 2.11. The lowest BCUT2D eigenvalue weighted by atomic mass is 10.1. The van der Waals surface area contributed by atoms with Crippen molar-refractivity contribution in [3.8, 4) is 11.3 Å². The van der Waals surface area contributed by atoms with Gasteiger partial charge in [0.2, 0.25) is 0 Å². The van der Waals surface area contributed by atoms with Gasteiger partial charge in [-0.25, -0.2) is 14.4 Å². The number of nitrogens with one attached hydrogen (secondary N) is 1. The van der Waals surface area contributed by atoms with Gasteiger partial charge in [-0.2, -0.15) is 0 Å². The Bertz CT molecular complexity index is 768. The van der Waals surface area contributed by atoms with Crippen molar-refractivity contribution in [3.63, 3.8) is 0 Å². The normalized spacial score (nSPS) is 10.6. The van der Waals surface area contributed by atoms with Crippen LogP contribution in [0.5, 0.6) is 0 Å².